The second-order valence-electron chi connectivity index (χ2n) is 8.14. The van der Waals surface area contributed by atoms with Crippen LogP contribution in [-0.2, 0) is 10.1 Å². The smallest absolute Gasteiger partial charge is 0.748 e. The van der Waals surface area contributed by atoms with Crippen molar-refractivity contribution >= 4 is 10.1 Å². The van der Waals surface area contributed by atoms with Crippen LogP contribution >= 0.6 is 0 Å². The molecule has 4 nitrogen and oxygen atoms in total. The van der Waals surface area contributed by atoms with Crippen LogP contribution in [0.3, 0.4) is 0 Å². The van der Waals surface area contributed by atoms with Crippen LogP contribution in [0.2, 0.25) is 0 Å². The normalized spacial score (nSPS) is 13.9. The van der Waals surface area contributed by atoms with E-state index < -0.39 is 15.4 Å². The van der Waals surface area contributed by atoms with Crippen molar-refractivity contribution in [1.29, 1.82) is 0 Å². The predicted molar refractivity (Wildman–Crippen MR) is 114 cm³/mol. The van der Waals surface area contributed by atoms with E-state index >= 15 is 0 Å². The van der Waals surface area contributed by atoms with Crippen molar-refractivity contribution in [2.45, 2.75) is 141 Å². The summed E-state index contributed by atoms with van der Waals surface area (Å²) in [6, 6.07) is 0. The second-order valence-corrected chi connectivity index (χ2v) is 9.79. The zero-order chi connectivity index (χ0) is 20.4. The van der Waals surface area contributed by atoms with Crippen LogP contribution in [-0.4, -0.2) is 29.4 Å². The first-order chi connectivity index (χ1) is 12.9. The molecule has 0 fully saturated rings. The van der Waals surface area contributed by atoms with Crippen molar-refractivity contribution in [3.8, 4) is 0 Å². The summed E-state index contributed by atoms with van der Waals surface area (Å²) < 4.78 is 34.2. The van der Waals surface area contributed by atoms with Crippen molar-refractivity contribution in [2.24, 2.45) is 0 Å². The third kappa shape index (κ3) is 20.8. The van der Waals surface area contributed by atoms with Crippen molar-refractivity contribution < 1.29 is 69.5 Å². The predicted octanol–water partition coefficient (Wildman–Crippen LogP) is 3.33. The fraction of sp³-hybridized carbons (Fsp3) is 1.00. The summed E-state index contributed by atoms with van der Waals surface area (Å²) in [5.74, 6) is 0. The fourth-order valence-electron chi connectivity index (χ4n) is 3.61. The van der Waals surface area contributed by atoms with Gasteiger partial charge < -0.3 is 9.66 Å². The van der Waals surface area contributed by atoms with E-state index in [-0.39, 0.29) is 57.5 Å². The quantitative estimate of drug-likeness (QED) is 0.177. The molecule has 0 aliphatic heterocycles. The Morgan fingerprint density at radius 3 is 1.46 bits per heavy atom. The van der Waals surface area contributed by atoms with Gasteiger partial charge in [-0.2, -0.15) is 0 Å². The van der Waals surface area contributed by atoms with Gasteiger partial charge in [-0.15, -0.1) is 0 Å². The first-order valence-electron chi connectivity index (χ1n) is 11.5. The maximum absolute atomic E-state index is 11.4. The van der Waals surface area contributed by atoms with Crippen molar-refractivity contribution in [3.05, 3.63) is 0 Å². The maximum atomic E-state index is 11.4. The molecule has 2 unspecified atom stereocenters. The Morgan fingerprint density at radius 1 is 0.679 bits per heavy atom. The molecule has 0 aliphatic carbocycles. The Balaban J connectivity index is 0. The van der Waals surface area contributed by atoms with Crippen LogP contribution in [0.5, 0.6) is 0 Å². The average molecular weight is 445 g/mol. The monoisotopic (exact) mass is 444 g/mol. The molecule has 0 aromatic heterocycles. The number of rotatable bonds is 20. The standard InChI is InChI=1S/C22H46O4S.K/c1-3-5-6-7-8-9-10-11-12-13-14-15-16-19-22(27(24,25)26)20-17-18-21(23)4-2;/h21-23H,3-20H2,1-2H3,(H,24,25,26);/q;+1/p-1. The number of aliphatic hydroxyl groups excluding tert-OH is 1. The zero-order valence-electron chi connectivity index (χ0n) is 19.0. The molecule has 0 spiro atoms. The summed E-state index contributed by atoms with van der Waals surface area (Å²) in [5.41, 5.74) is 0. The number of hydrogen-bond donors (Lipinski definition) is 1. The molecule has 0 saturated carbocycles. The van der Waals surface area contributed by atoms with Gasteiger partial charge in [0.05, 0.1) is 16.2 Å². The van der Waals surface area contributed by atoms with E-state index in [0.717, 1.165) is 19.3 Å². The summed E-state index contributed by atoms with van der Waals surface area (Å²) in [4.78, 5) is 0. The first-order valence-corrected chi connectivity index (χ1v) is 13.0. The van der Waals surface area contributed by atoms with Crippen LogP contribution in [0.1, 0.15) is 129 Å². The van der Waals surface area contributed by atoms with Crippen LogP contribution in [0.25, 0.3) is 0 Å². The van der Waals surface area contributed by atoms with Gasteiger partial charge in [0.2, 0.25) is 0 Å². The van der Waals surface area contributed by atoms with E-state index in [1.54, 1.807) is 0 Å². The molecule has 0 radical (unpaired) electrons. The largest absolute Gasteiger partial charge is 1.00 e. The summed E-state index contributed by atoms with van der Waals surface area (Å²) in [7, 11) is -4.22. The third-order valence-electron chi connectivity index (χ3n) is 5.57. The molecule has 6 heteroatoms. The van der Waals surface area contributed by atoms with Crippen LogP contribution < -0.4 is 51.4 Å². The van der Waals surface area contributed by atoms with Crippen LogP contribution in [0.15, 0.2) is 0 Å². The minimum Gasteiger partial charge on any atom is -0.748 e. The Bertz CT molecular complexity index is 415. The van der Waals surface area contributed by atoms with E-state index in [1.807, 2.05) is 6.92 Å². The molecule has 0 amide bonds. The molecule has 164 valence electrons. The van der Waals surface area contributed by atoms with Gasteiger partial charge in [0.25, 0.3) is 0 Å². The molecule has 2 atom stereocenters. The summed E-state index contributed by atoms with van der Waals surface area (Å²) >= 11 is 0. The Hall–Kier alpha value is 1.51. The molecule has 28 heavy (non-hydrogen) atoms. The molecule has 0 aliphatic rings. The first kappa shape index (κ1) is 31.7. The van der Waals surface area contributed by atoms with E-state index in [4.69, 9.17) is 0 Å². The topological polar surface area (TPSA) is 77.4 Å². The molecule has 0 rings (SSSR count). The maximum Gasteiger partial charge on any atom is 1.00 e. The number of aliphatic hydroxyl groups is 1. The van der Waals surface area contributed by atoms with E-state index in [2.05, 4.69) is 6.92 Å². The van der Waals surface area contributed by atoms with Crippen molar-refractivity contribution in [1.82, 2.24) is 0 Å². The summed E-state index contributed by atoms with van der Waals surface area (Å²) in [5, 5.41) is 8.78. The Morgan fingerprint density at radius 2 is 1.07 bits per heavy atom. The number of hydrogen-bond acceptors (Lipinski definition) is 4. The minimum atomic E-state index is -4.22. The van der Waals surface area contributed by atoms with Crippen LogP contribution in [0, 0.1) is 0 Å². The minimum absolute atomic E-state index is 0. The molecular weight excluding hydrogens is 399 g/mol. The zero-order valence-corrected chi connectivity index (χ0v) is 22.9. The average Bonchev–Trinajstić information content (AvgIpc) is 2.62. The molecule has 1 N–H and O–H groups in total. The van der Waals surface area contributed by atoms with Gasteiger partial charge in [0.1, 0.15) is 0 Å². The van der Waals surface area contributed by atoms with Gasteiger partial charge in [-0.3, -0.25) is 0 Å². The van der Waals surface area contributed by atoms with Gasteiger partial charge >= 0.3 is 51.4 Å². The van der Waals surface area contributed by atoms with E-state index in [1.165, 1.54) is 64.2 Å². The van der Waals surface area contributed by atoms with E-state index in [0.29, 0.717) is 32.1 Å². The number of unbranched alkanes of at least 4 members (excludes halogenated alkanes) is 12. The van der Waals surface area contributed by atoms with Gasteiger partial charge in [0, 0.05) is 5.25 Å². The Kier molecular flexibility index (Phi) is 24.6. The van der Waals surface area contributed by atoms with Crippen molar-refractivity contribution in [3.63, 3.8) is 0 Å². The molecule has 0 aromatic rings. The molecule has 0 heterocycles. The van der Waals surface area contributed by atoms with E-state index in [9.17, 15) is 18.1 Å². The van der Waals surface area contributed by atoms with Gasteiger partial charge in [-0.05, 0) is 32.1 Å². The molecule has 0 bridgehead atoms. The molecular formula is C22H45KO4S. The van der Waals surface area contributed by atoms with Gasteiger partial charge in [-0.25, -0.2) is 8.42 Å². The SMILES string of the molecule is CCCCCCCCCCCCCCCC(CCCC(O)CC)S(=O)(=O)[O-].[K+]. The molecule has 0 aromatic carbocycles. The Labute approximate surface area is 218 Å². The fourth-order valence-corrected chi connectivity index (χ4v) is 4.52. The molecule has 0 saturated heterocycles. The van der Waals surface area contributed by atoms with Gasteiger partial charge in [0.15, 0.2) is 0 Å². The second kappa shape index (κ2) is 21.7. The van der Waals surface area contributed by atoms with Crippen LogP contribution in [0.4, 0.5) is 0 Å². The summed E-state index contributed by atoms with van der Waals surface area (Å²) in [6.45, 7) is 4.15. The van der Waals surface area contributed by atoms with Gasteiger partial charge in [-0.1, -0.05) is 97.3 Å². The third-order valence-corrected chi connectivity index (χ3v) is 6.86. The van der Waals surface area contributed by atoms with Crippen molar-refractivity contribution in [2.75, 3.05) is 0 Å². The summed E-state index contributed by atoms with van der Waals surface area (Å²) in [6.07, 6.45) is 18.6.